The zero-order valence-electron chi connectivity index (χ0n) is 11.7. The van der Waals surface area contributed by atoms with Gasteiger partial charge in [0.1, 0.15) is 6.54 Å². The second-order valence-electron chi connectivity index (χ2n) is 4.72. The van der Waals surface area contributed by atoms with Crippen molar-refractivity contribution in [2.75, 3.05) is 18.1 Å². The van der Waals surface area contributed by atoms with Gasteiger partial charge < -0.3 is 20.3 Å². The van der Waals surface area contributed by atoms with Gasteiger partial charge in [0.05, 0.1) is 6.10 Å². The van der Waals surface area contributed by atoms with E-state index in [0.29, 0.717) is 5.75 Å². The summed E-state index contributed by atoms with van der Waals surface area (Å²) in [4.78, 5) is 39.8. The van der Waals surface area contributed by atoms with Crippen molar-refractivity contribution >= 4 is 23.6 Å². The lowest BCUT2D eigenvalue weighted by atomic mass is 10.2. The molecule has 2 rings (SSSR count). The van der Waals surface area contributed by atoms with E-state index in [-0.39, 0.29) is 12.4 Å². The molecule has 1 aliphatic heterocycles. The highest BCUT2D eigenvalue weighted by Crippen LogP contribution is 2.28. The molecule has 0 saturated carbocycles. The summed E-state index contributed by atoms with van der Waals surface area (Å²) in [6.45, 7) is 0.600. The molecule has 2 unspecified atom stereocenters. The molecule has 0 fully saturated rings. The van der Waals surface area contributed by atoms with Crippen molar-refractivity contribution in [3.8, 4) is 5.75 Å². The molecule has 9 nitrogen and oxygen atoms in total. The number of aliphatic hydroxyl groups excluding tert-OH is 1. The summed E-state index contributed by atoms with van der Waals surface area (Å²) in [5.41, 5.74) is 0. The number of aliphatic carboxylic acids is 1. The first-order chi connectivity index (χ1) is 10.4. The predicted molar refractivity (Wildman–Crippen MR) is 73.3 cm³/mol. The fraction of sp³-hybridized carbons (Fsp3) is 0.385. The topological polar surface area (TPSA) is 129 Å². The summed E-state index contributed by atoms with van der Waals surface area (Å²) in [5, 5.41) is 20.4. The van der Waals surface area contributed by atoms with E-state index in [9.17, 15) is 19.5 Å². The summed E-state index contributed by atoms with van der Waals surface area (Å²) >= 11 is 0. The fourth-order valence-electron chi connectivity index (χ4n) is 1.95. The van der Waals surface area contributed by atoms with Crippen LogP contribution in [0, 0.1) is 0 Å². The van der Waals surface area contributed by atoms with Crippen LogP contribution >= 0.6 is 0 Å². The Bertz CT molecular complexity index is 603. The molecule has 0 spiro atoms. The Hall–Kier alpha value is -2.68. The lowest BCUT2D eigenvalue weighted by Crippen LogP contribution is -2.52. The number of carbonyl (C=O) groups is 3. The molecule has 118 valence electrons. The van der Waals surface area contributed by atoms with Crippen LogP contribution in [0.3, 0.4) is 0 Å². The molecular weight excluding hydrogens is 294 g/mol. The molecular formula is C13H15N3O6. The van der Waals surface area contributed by atoms with Crippen molar-refractivity contribution in [1.29, 1.82) is 0 Å². The third kappa shape index (κ3) is 3.31. The van der Waals surface area contributed by atoms with Gasteiger partial charge in [-0.3, -0.25) is 14.5 Å². The number of hydrogen-bond acceptors (Lipinski definition) is 6. The molecule has 2 atom stereocenters. The third-order valence-electron chi connectivity index (χ3n) is 3.03. The number of aliphatic hydroxyl groups is 1. The largest absolute Gasteiger partial charge is 0.480 e. The summed E-state index contributed by atoms with van der Waals surface area (Å²) in [6.07, 6.45) is 0.175. The minimum absolute atomic E-state index is 0.192. The van der Waals surface area contributed by atoms with E-state index >= 15 is 0 Å². The average molecular weight is 309 g/mol. The molecule has 1 aliphatic rings. The normalized spacial score (nSPS) is 16.3. The van der Waals surface area contributed by atoms with Crippen LogP contribution in [0.4, 0.5) is 5.82 Å². The zero-order chi connectivity index (χ0) is 16.3. The van der Waals surface area contributed by atoms with Crippen LogP contribution in [0.5, 0.6) is 5.75 Å². The van der Waals surface area contributed by atoms with Gasteiger partial charge in [0.25, 0.3) is 5.91 Å². The number of hydrogen-bond donors (Lipinski definition) is 3. The van der Waals surface area contributed by atoms with E-state index in [1.807, 2.05) is 0 Å². The lowest BCUT2D eigenvalue weighted by Gasteiger charge is -2.28. The van der Waals surface area contributed by atoms with E-state index < -0.39 is 36.5 Å². The van der Waals surface area contributed by atoms with E-state index in [0.717, 1.165) is 4.90 Å². The maximum atomic E-state index is 11.9. The number of aromatic nitrogens is 1. The Morgan fingerprint density at radius 2 is 2.27 bits per heavy atom. The molecule has 9 heteroatoms. The van der Waals surface area contributed by atoms with Gasteiger partial charge in [-0.05, 0) is 19.1 Å². The number of anilines is 1. The van der Waals surface area contributed by atoms with Crippen LogP contribution in [0.1, 0.15) is 6.92 Å². The fourth-order valence-corrected chi connectivity index (χ4v) is 1.95. The number of nitrogens with zero attached hydrogens (tertiary/aromatic N) is 2. The van der Waals surface area contributed by atoms with Crippen LogP contribution in [-0.4, -0.2) is 58.3 Å². The van der Waals surface area contributed by atoms with Gasteiger partial charge in [-0.2, -0.15) is 0 Å². The van der Waals surface area contributed by atoms with Crippen molar-refractivity contribution in [3.05, 3.63) is 18.3 Å². The Balaban J connectivity index is 2.11. The maximum Gasteiger partial charge on any atom is 0.328 e. The highest BCUT2D eigenvalue weighted by atomic mass is 16.5. The minimum atomic E-state index is -1.45. The van der Waals surface area contributed by atoms with Crippen LogP contribution in [0.15, 0.2) is 18.3 Å². The van der Waals surface area contributed by atoms with E-state index in [2.05, 4.69) is 10.3 Å². The maximum absolute atomic E-state index is 11.9. The smallest absolute Gasteiger partial charge is 0.328 e. The average Bonchev–Trinajstić information content (AvgIpc) is 2.47. The molecule has 2 amide bonds. The third-order valence-corrected chi connectivity index (χ3v) is 3.03. The molecule has 22 heavy (non-hydrogen) atoms. The van der Waals surface area contributed by atoms with Gasteiger partial charge in [0.2, 0.25) is 5.91 Å². The number of carbonyl (C=O) groups excluding carboxylic acids is 2. The highest BCUT2D eigenvalue weighted by Gasteiger charge is 2.31. The van der Waals surface area contributed by atoms with Gasteiger partial charge in [0, 0.05) is 6.20 Å². The number of carboxylic acid groups (broad SMARTS) is 1. The van der Waals surface area contributed by atoms with Gasteiger partial charge in [-0.25, -0.2) is 9.78 Å². The number of amides is 2. The van der Waals surface area contributed by atoms with Gasteiger partial charge in [-0.15, -0.1) is 0 Å². The molecule has 3 N–H and O–H groups in total. The zero-order valence-corrected chi connectivity index (χ0v) is 11.7. The van der Waals surface area contributed by atoms with E-state index in [1.165, 1.54) is 13.1 Å². The summed E-state index contributed by atoms with van der Waals surface area (Å²) in [6, 6.07) is 1.78. The Morgan fingerprint density at radius 3 is 2.91 bits per heavy atom. The molecule has 1 aromatic heterocycles. The summed E-state index contributed by atoms with van der Waals surface area (Å²) in [7, 11) is 0. The Labute approximate surface area is 125 Å². The van der Waals surface area contributed by atoms with E-state index in [1.54, 1.807) is 12.1 Å². The van der Waals surface area contributed by atoms with Crippen LogP contribution in [0.2, 0.25) is 0 Å². The van der Waals surface area contributed by atoms with Gasteiger partial charge in [0.15, 0.2) is 24.2 Å². The van der Waals surface area contributed by atoms with Gasteiger partial charge in [-0.1, -0.05) is 0 Å². The number of nitrogens with one attached hydrogen (secondary N) is 1. The van der Waals surface area contributed by atoms with Crippen LogP contribution in [-0.2, 0) is 14.4 Å². The second kappa shape index (κ2) is 6.39. The molecule has 2 heterocycles. The van der Waals surface area contributed by atoms with Crippen molar-refractivity contribution in [1.82, 2.24) is 10.3 Å². The minimum Gasteiger partial charge on any atom is -0.480 e. The summed E-state index contributed by atoms with van der Waals surface area (Å²) in [5.74, 6) is -2.00. The first-order valence-corrected chi connectivity index (χ1v) is 6.48. The van der Waals surface area contributed by atoms with Crippen LogP contribution in [0.25, 0.3) is 0 Å². The van der Waals surface area contributed by atoms with Gasteiger partial charge >= 0.3 is 5.97 Å². The number of ether oxygens (including phenoxy) is 1. The molecule has 1 aromatic rings. The first-order valence-electron chi connectivity index (χ1n) is 6.48. The second-order valence-corrected chi connectivity index (χ2v) is 4.72. The quantitative estimate of drug-likeness (QED) is 0.620. The first kappa shape index (κ1) is 15.7. The number of pyridine rings is 1. The SMILES string of the molecule is CC(O)C(NC(=O)CN1C(=O)COc2cccnc21)C(=O)O. The highest BCUT2D eigenvalue weighted by molar-refractivity contribution is 6.01. The molecule has 0 bridgehead atoms. The standard InChI is InChI=1S/C13H15N3O6/c1-7(17)11(13(20)21)15-9(18)5-16-10(19)6-22-8-3-2-4-14-12(8)16/h2-4,7,11,17H,5-6H2,1H3,(H,15,18)(H,20,21). The van der Waals surface area contributed by atoms with Crippen LogP contribution < -0.4 is 15.0 Å². The lowest BCUT2D eigenvalue weighted by molar-refractivity contribution is -0.144. The number of fused-ring (bicyclic) bond motifs is 1. The Morgan fingerprint density at radius 1 is 1.55 bits per heavy atom. The monoisotopic (exact) mass is 309 g/mol. The Kier molecular flexibility index (Phi) is 4.56. The molecule has 0 aromatic carbocycles. The van der Waals surface area contributed by atoms with E-state index in [4.69, 9.17) is 9.84 Å². The predicted octanol–water partition coefficient (Wildman–Crippen LogP) is -1.24. The number of rotatable bonds is 5. The van der Waals surface area contributed by atoms with Crippen molar-refractivity contribution in [3.63, 3.8) is 0 Å². The number of carboxylic acids is 1. The molecule has 0 aliphatic carbocycles. The summed E-state index contributed by atoms with van der Waals surface area (Å²) < 4.78 is 5.19. The molecule has 0 saturated heterocycles. The molecule has 0 radical (unpaired) electrons. The van der Waals surface area contributed by atoms with Crippen molar-refractivity contribution in [2.45, 2.75) is 19.1 Å². The van der Waals surface area contributed by atoms with Crippen molar-refractivity contribution in [2.24, 2.45) is 0 Å². The van der Waals surface area contributed by atoms with Crippen molar-refractivity contribution < 1.29 is 29.3 Å².